The van der Waals surface area contributed by atoms with Crippen LogP contribution in [0.25, 0.3) is 11.1 Å². The summed E-state index contributed by atoms with van der Waals surface area (Å²) in [5, 5.41) is 19.0. The van der Waals surface area contributed by atoms with Crippen molar-refractivity contribution in [3.8, 4) is 22.6 Å². The summed E-state index contributed by atoms with van der Waals surface area (Å²) in [6.07, 6.45) is 1.04. The molecule has 1 fully saturated rings. The summed E-state index contributed by atoms with van der Waals surface area (Å²) < 4.78 is 41.0. The Hall–Kier alpha value is -3.45. The number of hydrogen-bond donors (Lipinski definition) is 2. The van der Waals surface area contributed by atoms with E-state index in [9.17, 15) is 18.7 Å². The number of carboxylic acids is 1. The molecule has 0 radical (unpaired) electrons. The summed E-state index contributed by atoms with van der Waals surface area (Å²) in [4.78, 5) is 10.9. The molecule has 3 aromatic carbocycles. The molecular weight excluding hydrogens is 478 g/mol. The number of aliphatic carboxylic acids is 1. The van der Waals surface area contributed by atoms with Crippen molar-refractivity contribution >= 4 is 5.97 Å². The lowest BCUT2D eigenvalue weighted by molar-refractivity contribution is -0.139. The number of ether oxygens (including phenoxy) is 2. The first kappa shape index (κ1) is 26.6. The first-order valence-electron chi connectivity index (χ1n) is 12.4. The molecule has 1 saturated carbocycles. The summed E-state index contributed by atoms with van der Waals surface area (Å²) in [7, 11) is 1.55. The smallest absolute Gasteiger partial charge is 0.306 e. The van der Waals surface area contributed by atoms with Crippen molar-refractivity contribution in [2.75, 3.05) is 7.11 Å². The molecule has 0 amide bonds. The van der Waals surface area contributed by atoms with Gasteiger partial charge < -0.3 is 19.7 Å². The third-order valence-electron chi connectivity index (χ3n) is 7.33. The van der Waals surface area contributed by atoms with Crippen LogP contribution in [-0.4, -0.2) is 23.3 Å². The van der Waals surface area contributed by atoms with E-state index in [4.69, 9.17) is 14.6 Å². The number of carbonyl (C=O) groups is 1. The zero-order valence-corrected chi connectivity index (χ0v) is 21.3. The molecule has 37 heavy (non-hydrogen) atoms. The van der Waals surface area contributed by atoms with Crippen molar-refractivity contribution in [3.63, 3.8) is 0 Å². The number of aliphatic hydroxyl groups excluding tert-OH is 1. The number of carboxylic acid groups (broad SMARTS) is 1. The van der Waals surface area contributed by atoms with E-state index in [1.54, 1.807) is 19.2 Å². The molecule has 5 nitrogen and oxygen atoms in total. The molecule has 1 aliphatic rings. The predicted octanol–water partition coefficient (Wildman–Crippen LogP) is 7.02. The van der Waals surface area contributed by atoms with Crippen LogP contribution >= 0.6 is 0 Å². The average Bonchev–Trinajstić information content (AvgIpc) is 3.22. The van der Waals surface area contributed by atoms with Crippen LogP contribution in [0.1, 0.15) is 68.2 Å². The van der Waals surface area contributed by atoms with E-state index in [2.05, 4.69) is 13.8 Å². The van der Waals surface area contributed by atoms with Crippen LogP contribution in [0.3, 0.4) is 0 Å². The van der Waals surface area contributed by atoms with E-state index < -0.39 is 24.3 Å². The second-order valence-corrected chi connectivity index (χ2v) is 10.3. The van der Waals surface area contributed by atoms with Gasteiger partial charge in [-0.2, -0.15) is 0 Å². The molecule has 0 unspecified atom stereocenters. The average molecular weight is 511 g/mol. The first-order valence-corrected chi connectivity index (χ1v) is 12.4. The number of aliphatic hydroxyl groups is 1. The molecule has 0 spiro atoms. The molecule has 7 heteroatoms. The maximum Gasteiger partial charge on any atom is 0.306 e. The monoisotopic (exact) mass is 510 g/mol. The van der Waals surface area contributed by atoms with Gasteiger partial charge in [0.1, 0.15) is 18.2 Å². The van der Waals surface area contributed by atoms with Crippen molar-refractivity contribution in [1.82, 2.24) is 0 Å². The Kier molecular flexibility index (Phi) is 7.83. The highest BCUT2D eigenvalue weighted by Gasteiger charge is 2.37. The molecular formula is C30H32F2O5. The van der Waals surface area contributed by atoms with Gasteiger partial charge >= 0.3 is 5.97 Å². The number of rotatable bonds is 9. The molecule has 0 aromatic heterocycles. The highest BCUT2D eigenvalue weighted by atomic mass is 19.1. The summed E-state index contributed by atoms with van der Waals surface area (Å²) in [6, 6.07) is 14.7. The van der Waals surface area contributed by atoms with Gasteiger partial charge in [-0.25, -0.2) is 8.78 Å². The molecule has 0 heterocycles. The molecule has 196 valence electrons. The molecule has 2 atom stereocenters. The Balaban J connectivity index is 1.67. The fourth-order valence-electron chi connectivity index (χ4n) is 5.31. The third kappa shape index (κ3) is 5.77. The quantitative estimate of drug-likeness (QED) is 0.324. The van der Waals surface area contributed by atoms with Crippen LogP contribution in [-0.2, 0) is 11.4 Å². The number of benzene rings is 3. The second kappa shape index (κ2) is 10.9. The number of hydrogen-bond acceptors (Lipinski definition) is 4. The van der Waals surface area contributed by atoms with Crippen LogP contribution in [0.5, 0.6) is 11.5 Å². The molecule has 0 bridgehead atoms. The van der Waals surface area contributed by atoms with Gasteiger partial charge in [-0.15, -0.1) is 0 Å². The van der Waals surface area contributed by atoms with Crippen molar-refractivity contribution in [1.29, 1.82) is 0 Å². The van der Waals surface area contributed by atoms with Gasteiger partial charge in [0.05, 0.1) is 19.6 Å². The highest BCUT2D eigenvalue weighted by Crippen LogP contribution is 2.51. The van der Waals surface area contributed by atoms with Gasteiger partial charge in [-0.1, -0.05) is 50.6 Å². The van der Waals surface area contributed by atoms with Gasteiger partial charge in [-0.3, -0.25) is 4.79 Å². The van der Waals surface area contributed by atoms with Crippen LogP contribution in [0.2, 0.25) is 0 Å². The lowest BCUT2D eigenvalue weighted by Crippen LogP contribution is -2.17. The molecule has 3 aromatic rings. The van der Waals surface area contributed by atoms with E-state index >= 15 is 0 Å². The largest absolute Gasteiger partial charge is 0.497 e. The van der Waals surface area contributed by atoms with E-state index in [1.165, 1.54) is 24.3 Å². The summed E-state index contributed by atoms with van der Waals surface area (Å²) in [5.41, 5.74) is 2.98. The molecule has 0 saturated heterocycles. The normalized spacial score (nSPS) is 17.4. The lowest BCUT2D eigenvalue weighted by atomic mass is 9.75. The maximum atomic E-state index is 15.0. The second-order valence-electron chi connectivity index (χ2n) is 10.3. The van der Waals surface area contributed by atoms with Crippen LogP contribution in [0.4, 0.5) is 8.78 Å². The summed E-state index contributed by atoms with van der Waals surface area (Å²) >= 11 is 0. The fourth-order valence-corrected chi connectivity index (χ4v) is 5.31. The number of halogens is 2. The van der Waals surface area contributed by atoms with E-state index in [-0.39, 0.29) is 35.1 Å². The standard InChI is InChI=1S/C30H32F2O5/c1-30(2)13-5-7-24(30)22-14-18(9-11-20(22)23-15-19(36-3)10-12-25(23)31)17-37-27-8-4-6-21(29(27)32)26(33)16-28(34)35/h4,6,8-12,14-15,24,26,33H,5,7,13,16-17H2,1-3H3,(H,34,35)/t24-,26-/m1/s1. The highest BCUT2D eigenvalue weighted by molar-refractivity contribution is 5.71. The SMILES string of the molecule is COc1ccc(F)c(-c2ccc(COc3cccc([C@H](O)CC(=O)O)c3F)cc2[C@H]2CCCC2(C)C)c1. The van der Waals surface area contributed by atoms with Crippen molar-refractivity contribution in [3.05, 3.63) is 82.9 Å². The van der Waals surface area contributed by atoms with E-state index in [1.807, 2.05) is 18.2 Å². The Morgan fingerprint density at radius 2 is 1.89 bits per heavy atom. The lowest BCUT2D eigenvalue weighted by Gasteiger charge is -2.30. The Labute approximate surface area is 215 Å². The van der Waals surface area contributed by atoms with Crippen molar-refractivity contribution < 1.29 is 33.3 Å². The maximum absolute atomic E-state index is 15.0. The molecule has 1 aliphatic carbocycles. The van der Waals surface area contributed by atoms with Crippen LogP contribution in [0.15, 0.2) is 54.6 Å². The van der Waals surface area contributed by atoms with Gasteiger partial charge in [0, 0.05) is 11.1 Å². The van der Waals surface area contributed by atoms with Crippen LogP contribution in [0, 0.1) is 17.0 Å². The third-order valence-corrected chi connectivity index (χ3v) is 7.33. The van der Waals surface area contributed by atoms with Gasteiger partial charge in [0.2, 0.25) is 0 Å². The summed E-state index contributed by atoms with van der Waals surface area (Å²) in [6.45, 7) is 4.50. The number of methoxy groups -OCH3 is 1. The first-order chi connectivity index (χ1) is 17.6. The minimum atomic E-state index is -1.48. The molecule has 0 aliphatic heterocycles. The minimum absolute atomic E-state index is 0.0320. The van der Waals surface area contributed by atoms with Crippen molar-refractivity contribution in [2.45, 2.75) is 58.2 Å². The Morgan fingerprint density at radius 1 is 1.11 bits per heavy atom. The fraction of sp³-hybridized carbons (Fsp3) is 0.367. The zero-order valence-electron chi connectivity index (χ0n) is 21.3. The van der Waals surface area contributed by atoms with E-state index in [0.29, 0.717) is 11.3 Å². The predicted molar refractivity (Wildman–Crippen MR) is 137 cm³/mol. The summed E-state index contributed by atoms with van der Waals surface area (Å²) in [5.74, 6) is -1.65. The molecule has 2 N–H and O–H groups in total. The minimum Gasteiger partial charge on any atom is -0.497 e. The van der Waals surface area contributed by atoms with E-state index in [0.717, 1.165) is 36.0 Å². The zero-order chi connectivity index (χ0) is 26.7. The Bertz CT molecular complexity index is 1290. The topological polar surface area (TPSA) is 76.0 Å². The van der Waals surface area contributed by atoms with Gasteiger partial charge in [0.25, 0.3) is 0 Å². The van der Waals surface area contributed by atoms with Gasteiger partial charge in [0.15, 0.2) is 11.6 Å². The molecule has 4 rings (SSSR count). The van der Waals surface area contributed by atoms with Crippen LogP contribution < -0.4 is 9.47 Å². The van der Waals surface area contributed by atoms with Crippen molar-refractivity contribution in [2.24, 2.45) is 5.41 Å². The Morgan fingerprint density at radius 3 is 2.57 bits per heavy atom. The van der Waals surface area contributed by atoms with Gasteiger partial charge in [-0.05, 0) is 65.1 Å².